The number of likely N-dealkylation sites (tertiary alicyclic amines) is 1. The van der Waals surface area contributed by atoms with E-state index < -0.39 is 4.92 Å². The Balaban J connectivity index is 1.76. The summed E-state index contributed by atoms with van der Waals surface area (Å²) in [6.07, 6.45) is 2.40. The lowest BCUT2D eigenvalue weighted by atomic mass is 10.3. The van der Waals surface area contributed by atoms with Crippen LogP contribution in [0.1, 0.15) is 12.8 Å². The van der Waals surface area contributed by atoms with Crippen molar-refractivity contribution in [2.75, 3.05) is 25.4 Å². The van der Waals surface area contributed by atoms with Gasteiger partial charge in [0.2, 0.25) is 0 Å². The Morgan fingerprint density at radius 1 is 1.40 bits per heavy atom. The summed E-state index contributed by atoms with van der Waals surface area (Å²) >= 11 is 6.91. The molecule has 2 rings (SSSR count). The van der Waals surface area contributed by atoms with Gasteiger partial charge in [-0.15, -0.1) is 0 Å². The molecule has 20 heavy (non-hydrogen) atoms. The Labute approximate surface area is 127 Å². The minimum atomic E-state index is -0.433. The van der Waals surface area contributed by atoms with Crippen molar-refractivity contribution in [3.8, 4) is 5.75 Å². The van der Waals surface area contributed by atoms with E-state index in [0.29, 0.717) is 18.1 Å². The molecule has 1 aromatic rings. The molecule has 1 heterocycles. The van der Waals surface area contributed by atoms with Gasteiger partial charge in [0.05, 0.1) is 11.5 Å². The van der Waals surface area contributed by atoms with Crippen molar-refractivity contribution < 1.29 is 9.66 Å². The number of nitro benzene ring substituents is 1. The van der Waals surface area contributed by atoms with Gasteiger partial charge in [-0.1, -0.05) is 36.1 Å². The number of para-hydroxylation sites is 2. The van der Waals surface area contributed by atoms with Crippen molar-refractivity contribution >= 4 is 34.0 Å². The van der Waals surface area contributed by atoms with E-state index in [1.165, 1.54) is 18.9 Å². The van der Waals surface area contributed by atoms with Crippen LogP contribution in [-0.2, 0) is 0 Å². The number of benzene rings is 1. The second-order valence-electron chi connectivity index (χ2n) is 4.38. The predicted molar refractivity (Wildman–Crippen MR) is 84.5 cm³/mol. The molecule has 0 atom stereocenters. The molecule has 5 nitrogen and oxygen atoms in total. The van der Waals surface area contributed by atoms with E-state index in [2.05, 4.69) is 4.90 Å². The highest BCUT2D eigenvalue weighted by Crippen LogP contribution is 2.26. The topological polar surface area (TPSA) is 55.6 Å². The summed E-state index contributed by atoms with van der Waals surface area (Å²) in [5, 5.41) is 10.8. The molecule has 108 valence electrons. The highest BCUT2D eigenvalue weighted by Gasteiger charge is 2.16. The van der Waals surface area contributed by atoms with Gasteiger partial charge in [-0.2, -0.15) is 0 Å². The number of hydrogen-bond acceptors (Lipinski definition) is 5. The van der Waals surface area contributed by atoms with Crippen molar-refractivity contribution in [3.05, 3.63) is 34.4 Å². The van der Waals surface area contributed by atoms with Gasteiger partial charge in [0, 0.05) is 24.9 Å². The maximum atomic E-state index is 10.8. The summed E-state index contributed by atoms with van der Waals surface area (Å²) in [4.78, 5) is 12.6. The number of thiocarbonyl (C=S) groups is 1. The van der Waals surface area contributed by atoms with Crippen LogP contribution in [-0.4, -0.2) is 39.6 Å². The Hall–Kier alpha value is -1.34. The molecule has 0 aromatic heterocycles. The lowest BCUT2D eigenvalue weighted by Gasteiger charge is -2.17. The predicted octanol–water partition coefficient (Wildman–Crippen LogP) is 3.09. The van der Waals surface area contributed by atoms with Crippen LogP contribution < -0.4 is 4.74 Å². The highest BCUT2D eigenvalue weighted by atomic mass is 32.2. The first-order chi connectivity index (χ1) is 9.68. The maximum Gasteiger partial charge on any atom is 0.310 e. The van der Waals surface area contributed by atoms with Crippen molar-refractivity contribution in [1.82, 2.24) is 4.90 Å². The van der Waals surface area contributed by atoms with Gasteiger partial charge in [-0.05, 0) is 18.9 Å². The summed E-state index contributed by atoms with van der Waals surface area (Å²) in [5.41, 5.74) is -0.000352. The van der Waals surface area contributed by atoms with Gasteiger partial charge in [0.25, 0.3) is 0 Å². The van der Waals surface area contributed by atoms with E-state index in [1.54, 1.807) is 30.0 Å². The lowest BCUT2D eigenvalue weighted by molar-refractivity contribution is -0.385. The van der Waals surface area contributed by atoms with Crippen molar-refractivity contribution in [2.24, 2.45) is 0 Å². The molecule has 0 radical (unpaired) electrons. The molecule has 7 heteroatoms. The van der Waals surface area contributed by atoms with Crippen LogP contribution in [0.2, 0.25) is 0 Å². The quantitative estimate of drug-likeness (QED) is 0.360. The van der Waals surface area contributed by atoms with Crippen LogP contribution in [0.25, 0.3) is 0 Å². The van der Waals surface area contributed by atoms with E-state index >= 15 is 0 Å². The number of nitro groups is 1. The second kappa shape index (κ2) is 7.44. The maximum absolute atomic E-state index is 10.8. The Bertz CT molecular complexity index is 490. The van der Waals surface area contributed by atoms with Crippen LogP contribution in [0.15, 0.2) is 24.3 Å². The molecular weight excluding hydrogens is 296 g/mol. The standard InChI is InChI=1S/C13H16N2O3S2/c16-15(17)11-5-1-2-6-12(11)18-9-10-20-13(19)14-7-3-4-8-14/h1-2,5-6H,3-4,7-10H2. The number of rotatable bonds is 5. The first-order valence-corrected chi connectivity index (χ1v) is 7.86. The highest BCUT2D eigenvalue weighted by molar-refractivity contribution is 8.22. The Morgan fingerprint density at radius 3 is 2.80 bits per heavy atom. The minimum absolute atomic E-state index is 0.000352. The zero-order valence-electron chi connectivity index (χ0n) is 11.0. The summed E-state index contributed by atoms with van der Waals surface area (Å²) in [6.45, 7) is 2.48. The Morgan fingerprint density at radius 2 is 2.10 bits per heavy atom. The molecule has 0 spiro atoms. The summed E-state index contributed by atoms with van der Waals surface area (Å²) in [5.74, 6) is 1.01. The third-order valence-electron chi connectivity index (χ3n) is 2.99. The molecule has 1 aromatic carbocycles. The summed E-state index contributed by atoms with van der Waals surface area (Å²) in [7, 11) is 0. The largest absolute Gasteiger partial charge is 0.486 e. The van der Waals surface area contributed by atoms with Crippen LogP contribution in [0.5, 0.6) is 5.75 Å². The molecule has 0 aliphatic carbocycles. The van der Waals surface area contributed by atoms with Crippen LogP contribution in [0.3, 0.4) is 0 Å². The molecule has 1 fully saturated rings. The van der Waals surface area contributed by atoms with E-state index in [1.807, 2.05) is 0 Å². The number of thioether (sulfide) groups is 1. The zero-order valence-corrected chi connectivity index (χ0v) is 12.6. The second-order valence-corrected chi connectivity index (χ2v) is 6.11. The third kappa shape index (κ3) is 4.08. The fourth-order valence-corrected chi connectivity index (χ4v) is 3.14. The van der Waals surface area contributed by atoms with Crippen LogP contribution in [0, 0.1) is 10.1 Å². The molecule has 0 N–H and O–H groups in total. The monoisotopic (exact) mass is 312 g/mol. The zero-order chi connectivity index (χ0) is 14.4. The van der Waals surface area contributed by atoms with E-state index in [4.69, 9.17) is 17.0 Å². The van der Waals surface area contributed by atoms with Crippen molar-refractivity contribution in [3.63, 3.8) is 0 Å². The van der Waals surface area contributed by atoms with E-state index in [0.717, 1.165) is 17.4 Å². The van der Waals surface area contributed by atoms with Gasteiger partial charge >= 0.3 is 5.69 Å². The average molecular weight is 312 g/mol. The molecule has 1 aliphatic heterocycles. The molecule has 0 bridgehead atoms. The first-order valence-electron chi connectivity index (χ1n) is 6.46. The molecule has 1 aliphatic rings. The minimum Gasteiger partial charge on any atom is -0.486 e. The van der Waals surface area contributed by atoms with Crippen LogP contribution >= 0.6 is 24.0 Å². The van der Waals surface area contributed by atoms with Gasteiger partial charge in [0.1, 0.15) is 4.32 Å². The fourth-order valence-electron chi connectivity index (χ4n) is 2.00. The van der Waals surface area contributed by atoms with Gasteiger partial charge in [-0.25, -0.2) is 0 Å². The first kappa shape index (κ1) is 15.1. The van der Waals surface area contributed by atoms with Gasteiger partial charge < -0.3 is 9.64 Å². The van der Waals surface area contributed by atoms with Crippen molar-refractivity contribution in [2.45, 2.75) is 12.8 Å². The van der Waals surface area contributed by atoms with E-state index in [9.17, 15) is 10.1 Å². The molecule has 0 unspecified atom stereocenters. The SMILES string of the molecule is O=[N+]([O-])c1ccccc1OCCSC(=S)N1CCCC1. The third-order valence-corrected chi connectivity index (χ3v) is 4.48. The molecular formula is C13H16N2O3S2. The van der Waals surface area contributed by atoms with E-state index in [-0.39, 0.29) is 5.69 Å². The van der Waals surface area contributed by atoms with Gasteiger partial charge in [0.15, 0.2) is 5.75 Å². The fraction of sp³-hybridized carbons (Fsp3) is 0.462. The normalized spacial score (nSPS) is 14.3. The lowest BCUT2D eigenvalue weighted by Crippen LogP contribution is -2.24. The van der Waals surface area contributed by atoms with Crippen LogP contribution in [0.4, 0.5) is 5.69 Å². The molecule has 0 amide bonds. The number of hydrogen-bond donors (Lipinski definition) is 0. The van der Waals surface area contributed by atoms with Crippen molar-refractivity contribution in [1.29, 1.82) is 0 Å². The smallest absolute Gasteiger partial charge is 0.310 e. The number of ether oxygens (including phenoxy) is 1. The van der Waals surface area contributed by atoms with Gasteiger partial charge in [-0.3, -0.25) is 10.1 Å². The summed E-state index contributed by atoms with van der Waals surface area (Å²) in [6, 6.07) is 6.41. The average Bonchev–Trinajstić information content (AvgIpc) is 2.98. The number of nitrogens with zero attached hydrogens (tertiary/aromatic N) is 2. The summed E-state index contributed by atoms with van der Waals surface area (Å²) < 4.78 is 6.37. The Kier molecular flexibility index (Phi) is 5.60. The molecule has 1 saturated heterocycles. The molecule has 0 saturated carbocycles.